The highest BCUT2D eigenvalue weighted by atomic mass is 16.5. The summed E-state index contributed by atoms with van der Waals surface area (Å²) in [5.74, 6) is 4.07. The fourth-order valence-electron chi connectivity index (χ4n) is 7.15. The van der Waals surface area contributed by atoms with Gasteiger partial charge in [0.1, 0.15) is 11.5 Å². The average Bonchev–Trinajstić information content (AvgIpc) is 3.12. The number of piperazine rings is 1. The number of carbonyl (C=O) groups excluding carboxylic acids is 2. The summed E-state index contributed by atoms with van der Waals surface area (Å²) in [5.41, 5.74) is 9.00. The first-order valence-electron chi connectivity index (χ1n) is 18.3. The maximum absolute atomic E-state index is 12.3. The largest absolute Gasteiger partial charge is 0.496 e. The summed E-state index contributed by atoms with van der Waals surface area (Å²) in [6.45, 7) is 21.4. The molecule has 2 aromatic carbocycles. The molecule has 51 heavy (non-hydrogen) atoms. The van der Waals surface area contributed by atoms with Crippen LogP contribution in [0.5, 0.6) is 11.5 Å². The van der Waals surface area contributed by atoms with Crippen LogP contribution in [0.2, 0.25) is 0 Å². The lowest BCUT2D eigenvalue weighted by molar-refractivity contribution is -0.117. The van der Waals surface area contributed by atoms with Crippen LogP contribution in [0.4, 0.5) is 0 Å². The monoisotopic (exact) mass is 698 g/mol. The highest BCUT2D eigenvalue weighted by molar-refractivity contribution is 5.93. The van der Waals surface area contributed by atoms with Crippen LogP contribution in [0.3, 0.4) is 0 Å². The molecule has 1 amide bonds. The van der Waals surface area contributed by atoms with Crippen LogP contribution in [-0.2, 0) is 29.1 Å². The van der Waals surface area contributed by atoms with Gasteiger partial charge in [0, 0.05) is 70.4 Å². The molecule has 8 nitrogen and oxygen atoms in total. The van der Waals surface area contributed by atoms with Gasteiger partial charge in [-0.1, -0.05) is 63.5 Å². The van der Waals surface area contributed by atoms with Crippen LogP contribution >= 0.6 is 0 Å². The molecule has 0 aromatic heterocycles. The van der Waals surface area contributed by atoms with E-state index in [0.29, 0.717) is 17.9 Å². The summed E-state index contributed by atoms with van der Waals surface area (Å²) < 4.78 is 11.9. The zero-order chi connectivity index (χ0) is 37.9. The smallest absolute Gasteiger partial charge is 0.246 e. The highest BCUT2D eigenvalue weighted by Crippen LogP contribution is 2.39. The standard InChI is InChI=1S/C34H50N4O3.C9H12O/c1-9-28(23(2)24(3)34(39)35-5)27-19-32(40-7)31(33(20-27)41-8)22-38-17-15-37(16-18-38)21-26-11-10-12-29-25(4)36(6)14-13-30(26)29;1-5-8(7-10)6-9(2,3)4/h10-12,19-20,25,28H,9,13-18,21-22H2,1-8H3,(H,35,39);1,6-7H,2-4H3/b24-23-;8-6+/t25-,28?;/m1./s1. The van der Waals surface area contributed by atoms with Crippen molar-refractivity contribution in [1.29, 1.82) is 0 Å². The van der Waals surface area contributed by atoms with Crippen molar-refractivity contribution in [1.82, 2.24) is 20.0 Å². The molecule has 0 spiro atoms. The molecule has 0 radical (unpaired) electrons. The third kappa shape index (κ3) is 11.0. The first-order chi connectivity index (χ1) is 24.2. The van der Waals surface area contributed by atoms with Crippen molar-refractivity contribution in [3.8, 4) is 23.8 Å². The van der Waals surface area contributed by atoms with Gasteiger partial charge in [-0.3, -0.25) is 24.3 Å². The number of methoxy groups -OCH3 is 2. The summed E-state index contributed by atoms with van der Waals surface area (Å²) in [6, 6.07) is 11.6. The number of hydrogen-bond donors (Lipinski definition) is 1. The summed E-state index contributed by atoms with van der Waals surface area (Å²) in [4.78, 5) is 30.1. The van der Waals surface area contributed by atoms with Crippen molar-refractivity contribution >= 4 is 12.2 Å². The topological polar surface area (TPSA) is 74.4 Å². The van der Waals surface area contributed by atoms with Gasteiger partial charge in [-0.05, 0) is 80.5 Å². The molecule has 2 heterocycles. The first kappa shape index (κ1) is 41.5. The van der Waals surface area contributed by atoms with Crippen LogP contribution in [0.25, 0.3) is 0 Å². The van der Waals surface area contributed by atoms with Crippen LogP contribution < -0.4 is 14.8 Å². The Morgan fingerprint density at radius 2 is 1.63 bits per heavy atom. The Hall–Kier alpha value is -3.90. The summed E-state index contributed by atoms with van der Waals surface area (Å²) in [5, 5.41) is 2.75. The third-order valence-corrected chi connectivity index (χ3v) is 10.4. The number of nitrogens with one attached hydrogen (secondary N) is 1. The summed E-state index contributed by atoms with van der Waals surface area (Å²) in [6.07, 6.45) is 9.54. The average molecular weight is 699 g/mol. The van der Waals surface area contributed by atoms with E-state index in [1.165, 1.54) is 11.1 Å². The first-order valence-corrected chi connectivity index (χ1v) is 18.3. The molecule has 8 heteroatoms. The zero-order valence-corrected chi connectivity index (χ0v) is 33.1. The van der Waals surface area contributed by atoms with E-state index < -0.39 is 0 Å². The van der Waals surface area contributed by atoms with Crippen molar-refractivity contribution < 1.29 is 19.1 Å². The molecule has 2 aliphatic rings. The van der Waals surface area contributed by atoms with Gasteiger partial charge in [0.2, 0.25) is 5.91 Å². The minimum Gasteiger partial charge on any atom is -0.496 e. The van der Waals surface area contributed by atoms with Gasteiger partial charge < -0.3 is 14.8 Å². The van der Waals surface area contributed by atoms with Crippen LogP contribution in [0.15, 0.2) is 53.1 Å². The SMILES string of the molecule is C#C/C(C=O)=C\C(C)(C)C.CCC(/C(C)=C(/C)C(=O)NC)c1cc(OC)c(CN2CCN(Cc3cccc4c3CCN(C)[C@@H]4C)CC2)c(OC)c1. The second-order valence-electron chi connectivity index (χ2n) is 14.9. The van der Waals surface area contributed by atoms with Crippen molar-refractivity contribution in [3.63, 3.8) is 0 Å². The molecule has 0 saturated carbocycles. The maximum atomic E-state index is 12.3. The van der Waals surface area contributed by atoms with Crippen LogP contribution in [0.1, 0.15) is 94.7 Å². The van der Waals surface area contributed by atoms with E-state index in [9.17, 15) is 9.59 Å². The molecule has 278 valence electrons. The maximum Gasteiger partial charge on any atom is 0.246 e. The number of hydrogen-bond acceptors (Lipinski definition) is 7. The third-order valence-electron chi connectivity index (χ3n) is 10.4. The van der Waals surface area contributed by atoms with E-state index >= 15 is 0 Å². The number of terminal acetylenes is 1. The van der Waals surface area contributed by atoms with E-state index in [1.807, 2.05) is 27.7 Å². The van der Waals surface area contributed by atoms with Gasteiger partial charge in [-0.15, -0.1) is 6.42 Å². The second kappa shape index (κ2) is 19.1. The van der Waals surface area contributed by atoms with Crippen molar-refractivity contribution in [3.05, 3.63) is 80.9 Å². The Morgan fingerprint density at radius 1 is 1.04 bits per heavy atom. The number of carbonyl (C=O) groups is 2. The van der Waals surface area contributed by atoms with Crippen LogP contribution in [-0.4, -0.2) is 87.9 Å². The quantitative estimate of drug-likeness (QED) is 0.155. The number of likely N-dealkylation sites (N-methyl/N-ethyl adjacent to an activating group) is 2. The molecule has 1 fully saturated rings. The highest BCUT2D eigenvalue weighted by Gasteiger charge is 2.26. The zero-order valence-electron chi connectivity index (χ0n) is 33.1. The van der Waals surface area contributed by atoms with E-state index in [-0.39, 0.29) is 17.2 Å². The minimum atomic E-state index is -0.0371. The molecule has 1 saturated heterocycles. The van der Waals surface area contributed by atoms with Gasteiger partial charge in [0.15, 0.2) is 6.29 Å². The summed E-state index contributed by atoms with van der Waals surface area (Å²) >= 11 is 0. The lowest BCUT2D eigenvalue weighted by Gasteiger charge is -2.37. The fourth-order valence-corrected chi connectivity index (χ4v) is 7.15. The number of ether oxygens (including phenoxy) is 2. The minimum absolute atomic E-state index is 0.0113. The van der Waals surface area contributed by atoms with Gasteiger partial charge in [0.05, 0.1) is 25.4 Å². The number of benzene rings is 2. The molecule has 4 rings (SSSR count). The fraction of sp³-hybridized carbons (Fsp3) is 0.535. The number of allylic oxidation sites excluding steroid dienone is 3. The molecule has 2 aliphatic heterocycles. The van der Waals surface area contributed by atoms with Gasteiger partial charge in [-0.2, -0.15) is 0 Å². The predicted molar refractivity (Wildman–Crippen MR) is 209 cm³/mol. The van der Waals surface area contributed by atoms with Gasteiger partial charge >= 0.3 is 0 Å². The molecule has 1 unspecified atom stereocenters. The molecule has 2 atom stereocenters. The van der Waals surface area contributed by atoms with E-state index in [0.717, 1.165) is 92.4 Å². The lowest BCUT2D eigenvalue weighted by atomic mass is 9.86. The Kier molecular flexibility index (Phi) is 15.5. The number of aldehydes is 1. The van der Waals surface area contributed by atoms with Crippen molar-refractivity contribution in [2.75, 3.05) is 61.0 Å². The molecular weight excluding hydrogens is 636 g/mol. The van der Waals surface area contributed by atoms with E-state index in [4.69, 9.17) is 15.9 Å². The molecule has 0 aliphatic carbocycles. The number of nitrogens with zero attached hydrogens (tertiary/aromatic N) is 3. The molecular formula is C43H62N4O4. The summed E-state index contributed by atoms with van der Waals surface area (Å²) in [7, 11) is 7.37. The molecule has 1 N–H and O–H groups in total. The van der Waals surface area contributed by atoms with Gasteiger partial charge in [0.25, 0.3) is 0 Å². The Morgan fingerprint density at radius 3 is 2.10 bits per heavy atom. The molecule has 0 bridgehead atoms. The number of fused-ring (bicyclic) bond motifs is 1. The Labute approximate surface area is 308 Å². The normalized spacial score (nSPS) is 18.3. The lowest BCUT2D eigenvalue weighted by Crippen LogP contribution is -2.45. The number of rotatable bonds is 11. The van der Waals surface area contributed by atoms with E-state index in [2.05, 4.69) is 84.1 Å². The van der Waals surface area contributed by atoms with Crippen molar-refractivity contribution in [2.24, 2.45) is 5.41 Å². The Balaban J connectivity index is 0.000000612. The Bertz CT molecular complexity index is 1580. The van der Waals surface area contributed by atoms with E-state index in [1.54, 1.807) is 32.9 Å². The number of amides is 1. The second-order valence-corrected chi connectivity index (χ2v) is 14.9. The van der Waals surface area contributed by atoms with Crippen molar-refractivity contribution in [2.45, 2.75) is 86.4 Å². The predicted octanol–water partition coefficient (Wildman–Crippen LogP) is 6.94. The van der Waals surface area contributed by atoms with Gasteiger partial charge in [-0.25, -0.2) is 0 Å². The van der Waals surface area contributed by atoms with Crippen LogP contribution in [0, 0.1) is 17.8 Å². The molecule has 2 aromatic rings.